The van der Waals surface area contributed by atoms with Crippen LogP contribution in [0.3, 0.4) is 0 Å². The molecular weight excluding hydrogens is 244 g/mol. The molecule has 2 N–H and O–H groups in total. The molecule has 1 heterocycles. The van der Waals surface area contributed by atoms with Gasteiger partial charge in [-0.15, -0.1) is 11.3 Å². The van der Waals surface area contributed by atoms with Gasteiger partial charge in [0.15, 0.2) is 0 Å². The van der Waals surface area contributed by atoms with Gasteiger partial charge in [-0.3, -0.25) is 4.84 Å². The van der Waals surface area contributed by atoms with Crippen molar-refractivity contribution in [2.45, 2.75) is 44.6 Å². The number of hydrogen-bond acceptors (Lipinski definition) is 4. The average Bonchev–Trinajstić information content (AvgIpc) is 2.76. The number of rotatable bonds is 3. The lowest BCUT2D eigenvalue weighted by atomic mass is 9.51. The predicted octanol–water partition coefficient (Wildman–Crippen LogP) is 3.07. The van der Waals surface area contributed by atoms with Gasteiger partial charge in [0.05, 0.1) is 5.69 Å². The maximum Gasteiger partial charge on any atom is 0.121 e. The molecule has 18 heavy (non-hydrogen) atoms. The Morgan fingerprint density at radius 3 is 2.44 bits per heavy atom. The van der Waals surface area contributed by atoms with Crippen molar-refractivity contribution in [3.63, 3.8) is 0 Å². The lowest BCUT2D eigenvalue weighted by Crippen LogP contribution is -2.43. The van der Waals surface area contributed by atoms with E-state index in [0.29, 0.717) is 6.61 Å². The van der Waals surface area contributed by atoms with E-state index in [1.807, 2.05) is 0 Å². The molecule has 4 saturated carbocycles. The molecular formula is C14H20N2OS. The van der Waals surface area contributed by atoms with Gasteiger partial charge in [-0.05, 0) is 55.8 Å². The third kappa shape index (κ3) is 1.74. The van der Waals surface area contributed by atoms with E-state index in [9.17, 15) is 0 Å². The summed E-state index contributed by atoms with van der Waals surface area (Å²) in [5.41, 5.74) is 1.33. The van der Waals surface area contributed by atoms with Crippen LogP contribution in [-0.2, 0) is 11.4 Å². The van der Waals surface area contributed by atoms with Gasteiger partial charge in [-0.1, -0.05) is 0 Å². The molecule has 0 amide bonds. The molecule has 4 aliphatic carbocycles. The van der Waals surface area contributed by atoms with E-state index in [2.05, 4.69) is 5.38 Å². The fourth-order valence-electron chi connectivity index (χ4n) is 5.02. The van der Waals surface area contributed by atoms with Crippen LogP contribution in [0.15, 0.2) is 5.38 Å². The maximum atomic E-state index is 5.13. The van der Waals surface area contributed by atoms with Crippen LogP contribution < -0.4 is 5.90 Å². The summed E-state index contributed by atoms with van der Waals surface area (Å²) in [7, 11) is 0. The Labute approximate surface area is 112 Å². The monoisotopic (exact) mass is 264 g/mol. The SMILES string of the molecule is NOCc1nc(C2C3CC4CC(C3)CC2C4)cs1. The fraction of sp³-hybridized carbons (Fsp3) is 0.786. The van der Waals surface area contributed by atoms with Gasteiger partial charge in [0.1, 0.15) is 11.6 Å². The van der Waals surface area contributed by atoms with Crippen molar-refractivity contribution in [3.8, 4) is 0 Å². The second-order valence-corrected chi connectivity index (χ2v) is 7.38. The second-order valence-electron chi connectivity index (χ2n) is 6.43. The summed E-state index contributed by atoms with van der Waals surface area (Å²) in [5, 5.41) is 3.28. The molecule has 0 unspecified atom stereocenters. The van der Waals surface area contributed by atoms with Crippen molar-refractivity contribution in [3.05, 3.63) is 16.1 Å². The number of nitrogens with zero attached hydrogens (tertiary/aromatic N) is 1. The highest BCUT2D eigenvalue weighted by Crippen LogP contribution is 2.59. The molecule has 0 aliphatic heterocycles. The number of nitrogens with two attached hydrogens (primary N) is 1. The Morgan fingerprint density at radius 1 is 1.17 bits per heavy atom. The summed E-state index contributed by atoms with van der Waals surface area (Å²) in [6, 6.07) is 0. The highest BCUT2D eigenvalue weighted by Gasteiger charge is 2.49. The van der Waals surface area contributed by atoms with Crippen molar-refractivity contribution < 1.29 is 4.84 Å². The molecule has 0 spiro atoms. The molecule has 4 heteroatoms. The van der Waals surface area contributed by atoms with Crippen LogP contribution in [0.4, 0.5) is 0 Å². The molecule has 5 rings (SSSR count). The smallest absolute Gasteiger partial charge is 0.121 e. The van der Waals surface area contributed by atoms with E-state index in [-0.39, 0.29) is 0 Å². The predicted molar refractivity (Wildman–Crippen MR) is 70.9 cm³/mol. The topological polar surface area (TPSA) is 48.1 Å². The van der Waals surface area contributed by atoms with Crippen LogP contribution in [0.1, 0.15) is 48.7 Å². The van der Waals surface area contributed by atoms with Crippen LogP contribution in [-0.4, -0.2) is 4.98 Å². The van der Waals surface area contributed by atoms with Crippen molar-refractivity contribution in [1.29, 1.82) is 0 Å². The van der Waals surface area contributed by atoms with E-state index in [1.165, 1.54) is 37.8 Å². The molecule has 1 aromatic rings. The number of thiazole rings is 1. The third-order valence-corrected chi connectivity index (χ3v) is 6.19. The first-order chi connectivity index (χ1) is 8.83. The number of aromatic nitrogens is 1. The molecule has 0 saturated heterocycles. The molecule has 0 atom stereocenters. The van der Waals surface area contributed by atoms with Crippen molar-refractivity contribution in [2.75, 3.05) is 0 Å². The lowest BCUT2D eigenvalue weighted by molar-refractivity contribution is -0.00409. The summed E-state index contributed by atoms with van der Waals surface area (Å²) in [6.45, 7) is 0.456. The summed E-state index contributed by atoms with van der Waals surface area (Å²) in [5.74, 6) is 9.76. The van der Waals surface area contributed by atoms with Gasteiger partial charge in [0.25, 0.3) is 0 Å². The van der Waals surface area contributed by atoms with E-state index in [1.54, 1.807) is 11.3 Å². The zero-order valence-corrected chi connectivity index (χ0v) is 11.4. The Bertz CT molecular complexity index is 417. The highest BCUT2D eigenvalue weighted by atomic mass is 32.1. The fourth-order valence-corrected chi connectivity index (χ4v) is 5.78. The zero-order valence-electron chi connectivity index (χ0n) is 10.5. The van der Waals surface area contributed by atoms with Crippen LogP contribution in [0.25, 0.3) is 0 Å². The molecule has 0 radical (unpaired) electrons. The van der Waals surface area contributed by atoms with Crippen LogP contribution in [0, 0.1) is 23.7 Å². The minimum atomic E-state index is 0.456. The van der Waals surface area contributed by atoms with Gasteiger partial charge in [-0.25, -0.2) is 10.9 Å². The first kappa shape index (κ1) is 11.4. The Hall–Kier alpha value is -0.450. The van der Waals surface area contributed by atoms with Gasteiger partial charge in [-0.2, -0.15) is 0 Å². The molecule has 98 valence electrons. The minimum Gasteiger partial charge on any atom is -0.297 e. The van der Waals surface area contributed by atoms with E-state index < -0.39 is 0 Å². The molecule has 1 aromatic heterocycles. The molecule has 4 bridgehead atoms. The molecule has 4 aliphatic rings. The van der Waals surface area contributed by atoms with Crippen molar-refractivity contribution in [1.82, 2.24) is 4.98 Å². The quantitative estimate of drug-likeness (QED) is 0.853. The highest BCUT2D eigenvalue weighted by molar-refractivity contribution is 7.09. The molecule has 0 aromatic carbocycles. The van der Waals surface area contributed by atoms with Gasteiger partial charge < -0.3 is 0 Å². The second kappa shape index (κ2) is 4.29. The van der Waals surface area contributed by atoms with E-state index in [0.717, 1.165) is 34.6 Å². The van der Waals surface area contributed by atoms with Gasteiger partial charge in [0.2, 0.25) is 0 Å². The zero-order chi connectivity index (χ0) is 12.1. The van der Waals surface area contributed by atoms with E-state index >= 15 is 0 Å². The van der Waals surface area contributed by atoms with Crippen LogP contribution >= 0.6 is 11.3 Å². The lowest BCUT2D eigenvalue weighted by Gasteiger charge is -2.54. The largest absolute Gasteiger partial charge is 0.297 e. The first-order valence-corrected chi connectivity index (χ1v) is 7.97. The van der Waals surface area contributed by atoms with Crippen LogP contribution in [0.2, 0.25) is 0 Å². The van der Waals surface area contributed by atoms with Crippen LogP contribution in [0.5, 0.6) is 0 Å². The third-order valence-electron chi connectivity index (χ3n) is 5.34. The van der Waals surface area contributed by atoms with Crippen molar-refractivity contribution in [2.24, 2.45) is 29.6 Å². The summed E-state index contributed by atoms with van der Waals surface area (Å²) < 4.78 is 0. The average molecular weight is 264 g/mol. The summed E-state index contributed by atoms with van der Waals surface area (Å²) in [4.78, 5) is 9.45. The Balaban J connectivity index is 1.60. The Kier molecular flexibility index (Phi) is 2.71. The minimum absolute atomic E-state index is 0.456. The first-order valence-electron chi connectivity index (χ1n) is 7.09. The molecule has 4 fully saturated rings. The maximum absolute atomic E-state index is 5.13. The Morgan fingerprint density at radius 2 is 1.83 bits per heavy atom. The summed E-state index contributed by atoms with van der Waals surface area (Å²) >= 11 is 1.70. The van der Waals surface area contributed by atoms with Gasteiger partial charge in [0, 0.05) is 11.3 Å². The van der Waals surface area contributed by atoms with Crippen molar-refractivity contribution >= 4 is 11.3 Å². The molecule has 3 nitrogen and oxygen atoms in total. The standard InChI is InChI=1S/C14H20N2OS/c15-17-6-13-16-12(7-18-13)14-10-2-8-1-9(4-10)5-11(14)3-8/h7-11,14H,1-6,15H2. The number of hydrogen-bond donors (Lipinski definition) is 1. The summed E-state index contributed by atoms with van der Waals surface area (Å²) in [6.07, 6.45) is 7.34. The van der Waals surface area contributed by atoms with E-state index in [4.69, 9.17) is 15.7 Å². The normalized spacial score (nSPS) is 41.5. The van der Waals surface area contributed by atoms with Gasteiger partial charge >= 0.3 is 0 Å².